The van der Waals surface area contributed by atoms with E-state index in [0.29, 0.717) is 31.2 Å². The molecule has 1 saturated heterocycles. The Morgan fingerprint density at radius 1 is 1.11 bits per heavy atom. The van der Waals surface area contributed by atoms with Crippen molar-refractivity contribution in [3.8, 4) is 11.4 Å². The Morgan fingerprint density at radius 2 is 1.80 bits per heavy atom. The average molecular weight is 486 g/mol. The summed E-state index contributed by atoms with van der Waals surface area (Å²) in [5.41, 5.74) is 1.98. The molecule has 1 aliphatic rings. The molecular formula is C22H22N4O9. The van der Waals surface area contributed by atoms with Crippen molar-refractivity contribution < 1.29 is 43.1 Å². The monoisotopic (exact) mass is 486 g/mol. The van der Waals surface area contributed by atoms with Gasteiger partial charge in [-0.1, -0.05) is 34.6 Å². The van der Waals surface area contributed by atoms with E-state index in [0.717, 1.165) is 11.1 Å². The van der Waals surface area contributed by atoms with Gasteiger partial charge in [-0.3, -0.25) is 4.90 Å². The lowest BCUT2D eigenvalue weighted by Gasteiger charge is -2.38. The van der Waals surface area contributed by atoms with Gasteiger partial charge in [0.05, 0.1) is 6.26 Å². The van der Waals surface area contributed by atoms with E-state index >= 15 is 0 Å². The Bertz CT molecular complexity index is 1160. The number of likely N-dealkylation sites (tertiary alicyclic amines) is 1. The number of benzene rings is 1. The molecule has 0 atom stereocenters. The molecule has 0 amide bonds. The summed E-state index contributed by atoms with van der Waals surface area (Å²) >= 11 is 0. The Morgan fingerprint density at radius 3 is 2.37 bits per heavy atom. The Kier molecular flexibility index (Phi) is 6.96. The van der Waals surface area contributed by atoms with Crippen LogP contribution < -0.4 is 0 Å². The van der Waals surface area contributed by atoms with Crippen LogP contribution in [0.5, 0.6) is 0 Å². The molecule has 0 spiro atoms. The Labute approximate surface area is 198 Å². The van der Waals surface area contributed by atoms with Gasteiger partial charge in [0.1, 0.15) is 7.11 Å². The van der Waals surface area contributed by atoms with Crippen LogP contribution in [0.4, 0.5) is 9.59 Å². The van der Waals surface area contributed by atoms with Gasteiger partial charge in [-0.2, -0.15) is 4.98 Å². The maximum absolute atomic E-state index is 11.0. The molecule has 13 nitrogen and oxygen atoms in total. The fourth-order valence-corrected chi connectivity index (χ4v) is 3.74. The van der Waals surface area contributed by atoms with Crippen LogP contribution in [0.25, 0.3) is 11.4 Å². The topological polar surface area (TPSA) is 170 Å². The molecule has 184 valence electrons. The van der Waals surface area contributed by atoms with Crippen LogP contribution in [-0.2, 0) is 20.9 Å². The van der Waals surface area contributed by atoms with E-state index in [1.54, 1.807) is 12.1 Å². The van der Waals surface area contributed by atoms with E-state index in [4.69, 9.17) is 33.5 Å². The van der Waals surface area contributed by atoms with Gasteiger partial charge >= 0.3 is 12.3 Å². The number of piperidine rings is 1. The highest BCUT2D eigenvalue weighted by Crippen LogP contribution is 2.29. The zero-order valence-electron chi connectivity index (χ0n) is 18.6. The molecule has 3 heterocycles. The first-order valence-electron chi connectivity index (χ1n) is 10.5. The highest BCUT2D eigenvalue weighted by atomic mass is 16.8. The van der Waals surface area contributed by atoms with Gasteiger partial charge in [-0.15, -0.1) is 0 Å². The number of rotatable bonds is 8. The number of oxime groups is 1. The maximum Gasteiger partial charge on any atom is 0.509 e. The number of carboxylic acid groups (broad SMARTS) is 2. The molecule has 35 heavy (non-hydrogen) atoms. The number of ether oxygens (including phenoxy) is 2. The first-order valence-corrected chi connectivity index (χ1v) is 10.5. The second kappa shape index (κ2) is 10.3. The van der Waals surface area contributed by atoms with Gasteiger partial charge in [0, 0.05) is 38.0 Å². The number of furan rings is 1. The van der Waals surface area contributed by atoms with E-state index in [-0.39, 0.29) is 24.4 Å². The van der Waals surface area contributed by atoms with Gasteiger partial charge in [0.15, 0.2) is 5.76 Å². The predicted molar refractivity (Wildman–Crippen MR) is 117 cm³/mol. The second-order valence-corrected chi connectivity index (χ2v) is 7.64. The third kappa shape index (κ3) is 5.76. The van der Waals surface area contributed by atoms with Gasteiger partial charge in [-0.05, 0) is 17.7 Å². The largest absolute Gasteiger partial charge is 0.509 e. The van der Waals surface area contributed by atoms with E-state index in [1.165, 1.54) is 13.4 Å². The molecule has 2 aromatic heterocycles. The summed E-state index contributed by atoms with van der Waals surface area (Å²) in [6.07, 6.45) is -1.47. The number of hydrogen-bond acceptors (Lipinski definition) is 11. The van der Waals surface area contributed by atoms with Crippen LogP contribution in [0, 0.1) is 0 Å². The van der Waals surface area contributed by atoms with Gasteiger partial charge in [-0.25, -0.2) is 9.59 Å². The second-order valence-electron chi connectivity index (χ2n) is 7.64. The highest BCUT2D eigenvalue weighted by molar-refractivity contribution is 6.07. The molecule has 0 radical (unpaired) electrons. The lowest BCUT2D eigenvalue weighted by molar-refractivity contribution is -0.205. The molecular weight excluding hydrogens is 464 g/mol. The fraction of sp³-hybridized carbons (Fsp3) is 0.318. The smallest absolute Gasteiger partial charge is 0.462 e. The Hall–Kier alpha value is -4.39. The highest BCUT2D eigenvalue weighted by Gasteiger charge is 2.42. The maximum atomic E-state index is 11.0. The predicted octanol–water partition coefficient (Wildman–Crippen LogP) is 3.41. The fourth-order valence-electron chi connectivity index (χ4n) is 3.74. The quantitative estimate of drug-likeness (QED) is 0.206. The number of aromatic nitrogens is 2. The van der Waals surface area contributed by atoms with Crippen molar-refractivity contribution in [1.29, 1.82) is 0 Å². The van der Waals surface area contributed by atoms with Gasteiger partial charge < -0.3 is 33.5 Å². The van der Waals surface area contributed by atoms with Gasteiger partial charge in [0.25, 0.3) is 11.7 Å². The van der Waals surface area contributed by atoms with Crippen LogP contribution in [0.3, 0.4) is 0 Å². The summed E-state index contributed by atoms with van der Waals surface area (Å²) in [5.74, 6) is -0.758. The van der Waals surface area contributed by atoms with Crippen LogP contribution in [0.15, 0.2) is 56.8 Å². The molecule has 0 saturated carbocycles. The molecule has 13 heteroatoms. The molecule has 0 bridgehead atoms. The molecule has 1 aromatic carbocycles. The van der Waals surface area contributed by atoms with Crippen molar-refractivity contribution in [3.63, 3.8) is 0 Å². The SMILES string of the molecule is CON=C(c1ccco1)c1nc(-c2ccc(CN3CCC(OC(=O)O)(OC(=O)O)CC3)cc2)no1. The number of hydrogen-bond donors (Lipinski definition) is 2. The van der Waals surface area contributed by atoms with Crippen LogP contribution in [0.1, 0.15) is 30.1 Å². The zero-order chi connectivity index (χ0) is 24.8. The van der Waals surface area contributed by atoms with Crippen molar-refractivity contribution in [2.75, 3.05) is 20.2 Å². The van der Waals surface area contributed by atoms with Crippen molar-refractivity contribution in [2.45, 2.75) is 25.2 Å². The zero-order valence-corrected chi connectivity index (χ0v) is 18.6. The average Bonchev–Trinajstić information content (AvgIpc) is 3.52. The first kappa shape index (κ1) is 23.8. The first-order chi connectivity index (χ1) is 16.9. The summed E-state index contributed by atoms with van der Waals surface area (Å²) in [6, 6.07) is 10.9. The minimum atomic E-state index is -1.69. The molecule has 0 unspecified atom stereocenters. The van der Waals surface area contributed by atoms with Crippen molar-refractivity contribution in [2.24, 2.45) is 5.16 Å². The van der Waals surface area contributed by atoms with Gasteiger partial charge in [0.2, 0.25) is 11.5 Å². The van der Waals surface area contributed by atoms with Crippen LogP contribution in [0.2, 0.25) is 0 Å². The standard InChI is InChI=1S/C22H22N4O9/c1-31-24-17(16-3-2-12-32-16)19-23-18(25-35-19)15-6-4-14(5-7-15)13-26-10-8-22(9-11-26,33-20(27)28)34-21(29)30/h2-7,12H,8-11,13H2,1H3,(H,27,28)(H,29,30). The summed E-state index contributed by atoms with van der Waals surface area (Å²) in [7, 11) is 1.40. The molecule has 3 aromatic rings. The third-order valence-electron chi connectivity index (χ3n) is 5.35. The molecule has 1 fully saturated rings. The number of nitrogens with zero attached hydrogens (tertiary/aromatic N) is 4. The third-order valence-corrected chi connectivity index (χ3v) is 5.35. The van der Waals surface area contributed by atoms with Crippen LogP contribution in [-0.4, -0.2) is 69.3 Å². The minimum absolute atomic E-state index is 0.0936. The minimum Gasteiger partial charge on any atom is -0.462 e. The van der Waals surface area contributed by atoms with Crippen molar-refractivity contribution >= 4 is 18.0 Å². The summed E-state index contributed by atoms with van der Waals surface area (Å²) in [6.45, 7) is 1.35. The normalized spacial score (nSPS) is 16.0. The van der Waals surface area contributed by atoms with Crippen molar-refractivity contribution in [3.05, 3.63) is 59.9 Å². The lowest BCUT2D eigenvalue weighted by atomic mass is 10.0. The summed E-state index contributed by atoms with van der Waals surface area (Å²) in [5, 5.41) is 25.8. The van der Waals surface area contributed by atoms with E-state index in [2.05, 4.69) is 15.3 Å². The number of carbonyl (C=O) groups is 2. The van der Waals surface area contributed by atoms with E-state index in [9.17, 15) is 9.59 Å². The van der Waals surface area contributed by atoms with E-state index in [1.807, 2.05) is 29.2 Å². The lowest BCUT2D eigenvalue weighted by Crippen LogP contribution is -2.49. The Balaban J connectivity index is 1.39. The van der Waals surface area contributed by atoms with Crippen LogP contribution >= 0.6 is 0 Å². The summed E-state index contributed by atoms with van der Waals surface area (Å²) in [4.78, 5) is 33.2. The molecule has 2 N–H and O–H groups in total. The molecule has 4 rings (SSSR count). The summed E-state index contributed by atoms with van der Waals surface area (Å²) < 4.78 is 20.2. The molecule has 1 aliphatic heterocycles. The molecule has 0 aliphatic carbocycles. The van der Waals surface area contributed by atoms with E-state index < -0.39 is 18.1 Å². The van der Waals surface area contributed by atoms with Crippen molar-refractivity contribution in [1.82, 2.24) is 15.0 Å².